The van der Waals surface area contributed by atoms with Gasteiger partial charge in [0.15, 0.2) is 0 Å². The van der Waals surface area contributed by atoms with E-state index in [1.54, 1.807) is 6.92 Å². The van der Waals surface area contributed by atoms with Crippen LogP contribution >= 0.6 is 0 Å². The maximum absolute atomic E-state index is 13.2. The summed E-state index contributed by atoms with van der Waals surface area (Å²) in [5.74, 6) is 2.42. The Morgan fingerprint density at radius 2 is 1.76 bits per heavy atom. The minimum Gasteiger partial charge on any atom is -0.459 e. The predicted molar refractivity (Wildman–Crippen MR) is 136 cm³/mol. The number of cyclic esters (lactones) is 2. The van der Waals surface area contributed by atoms with E-state index in [-0.39, 0.29) is 35.1 Å². The standard InChI is InChI=1S/C31H44O6/c1-15(28(33)37-31(4)14-19-12-27(31)21-7-5-6-20(19)21)8-9-22-26(30(35)36-29(22)34)13-23-16(2)18-10-24(17(3)32)25(23)11-18/h15-16,18-27H,5-14H2,1-4H3. The largest absolute Gasteiger partial charge is 0.459 e. The van der Waals surface area contributed by atoms with Gasteiger partial charge in [-0.1, -0.05) is 20.3 Å². The summed E-state index contributed by atoms with van der Waals surface area (Å²) in [6.45, 7) is 7.96. The highest BCUT2D eigenvalue weighted by Gasteiger charge is 2.61. The molecule has 5 aliphatic carbocycles. The van der Waals surface area contributed by atoms with Crippen LogP contribution in [0.4, 0.5) is 0 Å². The molecule has 6 aliphatic rings. The third kappa shape index (κ3) is 4.11. The number of hydrogen-bond acceptors (Lipinski definition) is 6. The molecule has 0 aromatic rings. The summed E-state index contributed by atoms with van der Waals surface area (Å²) in [6.07, 6.45) is 9.76. The van der Waals surface area contributed by atoms with E-state index in [2.05, 4.69) is 13.8 Å². The molecule has 0 aromatic heterocycles. The average Bonchev–Trinajstić information content (AvgIpc) is 3.65. The van der Waals surface area contributed by atoms with E-state index in [0.29, 0.717) is 48.9 Å². The van der Waals surface area contributed by atoms with Crippen molar-refractivity contribution in [3.8, 4) is 0 Å². The molecule has 1 aliphatic heterocycles. The van der Waals surface area contributed by atoms with Crippen molar-refractivity contribution in [2.75, 3.05) is 0 Å². The third-order valence-corrected chi connectivity index (χ3v) is 12.4. The van der Waals surface area contributed by atoms with E-state index in [1.165, 1.54) is 25.7 Å². The number of hydrogen-bond donors (Lipinski definition) is 0. The molecule has 37 heavy (non-hydrogen) atoms. The van der Waals surface area contributed by atoms with Gasteiger partial charge in [-0.3, -0.25) is 19.2 Å². The SMILES string of the molecule is CC(=O)C1CC2CC1C(CC1C(=O)OC(=O)C1CCC(C)C(=O)OC1(C)CC3CC1C1CCCC31)C2C. The quantitative estimate of drug-likeness (QED) is 0.321. The Hall–Kier alpha value is -1.72. The van der Waals surface area contributed by atoms with Gasteiger partial charge in [0.05, 0.1) is 17.8 Å². The molecule has 6 fully saturated rings. The molecule has 0 aromatic carbocycles. The molecule has 13 atom stereocenters. The molecular weight excluding hydrogens is 468 g/mol. The number of carbonyl (C=O) groups is 4. The van der Waals surface area contributed by atoms with E-state index in [1.807, 2.05) is 6.92 Å². The molecule has 4 bridgehead atoms. The van der Waals surface area contributed by atoms with E-state index in [0.717, 1.165) is 31.1 Å². The lowest BCUT2D eigenvalue weighted by Gasteiger charge is -2.40. The Morgan fingerprint density at radius 1 is 1.03 bits per heavy atom. The monoisotopic (exact) mass is 512 g/mol. The van der Waals surface area contributed by atoms with Crippen LogP contribution in [-0.4, -0.2) is 29.3 Å². The first kappa shape index (κ1) is 25.6. The smallest absolute Gasteiger partial charge is 0.317 e. The van der Waals surface area contributed by atoms with Crippen LogP contribution in [-0.2, 0) is 28.7 Å². The number of rotatable bonds is 8. The molecule has 6 nitrogen and oxygen atoms in total. The van der Waals surface area contributed by atoms with Gasteiger partial charge in [-0.25, -0.2) is 0 Å². The maximum Gasteiger partial charge on any atom is 0.317 e. The van der Waals surface area contributed by atoms with Crippen molar-refractivity contribution < 1.29 is 28.7 Å². The Morgan fingerprint density at radius 3 is 2.49 bits per heavy atom. The summed E-state index contributed by atoms with van der Waals surface area (Å²) < 4.78 is 11.3. The molecule has 0 N–H and O–H groups in total. The van der Waals surface area contributed by atoms with Gasteiger partial charge in [-0.2, -0.15) is 0 Å². The second-order valence-electron chi connectivity index (χ2n) is 14.1. The molecule has 6 heteroatoms. The summed E-state index contributed by atoms with van der Waals surface area (Å²) >= 11 is 0. The molecule has 0 radical (unpaired) electrons. The first-order valence-corrected chi connectivity index (χ1v) is 15.1. The lowest BCUT2D eigenvalue weighted by molar-refractivity contribution is -0.171. The molecule has 13 unspecified atom stereocenters. The zero-order chi connectivity index (χ0) is 26.2. The van der Waals surface area contributed by atoms with E-state index >= 15 is 0 Å². The number of ether oxygens (including phenoxy) is 2. The van der Waals surface area contributed by atoms with Crippen LogP contribution < -0.4 is 0 Å². The van der Waals surface area contributed by atoms with E-state index < -0.39 is 23.8 Å². The highest BCUT2D eigenvalue weighted by atomic mass is 16.6. The summed E-state index contributed by atoms with van der Waals surface area (Å²) in [5, 5.41) is 0. The molecule has 5 saturated carbocycles. The Kier molecular flexibility index (Phi) is 6.35. The molecule has 0 spiro atoms. The first-order chi connectivity index (χ1) is 17.6. The zero-order valence-corrected chi connectivity index (χ0v) is 22.9. The summed E-state index contributed by atoms with van der Waals surface area (Å²) in [5.41, 5.74) is -0.350. The van der Waals surface area contributed by atoms with E-state index in [9.17, 15) is 19.2 Å². The lowest BCUT2D eigenvalue weighted by Crippen LogP contribution is -2.43. The fraction of sp³-hybridized carbons (Fsp3) is 0.871. The van der Waals surface area contributed by atoms with Crippen LogP contribution in [0.1, 0.15) is 91.9 Å². The van der Waals surface area contributed by atoms with Gasteiger partial charge in [0, 0.05) is 11.8 Å². The van der Waals surface area contributed by atoms with Crippen LogP contribution in [0.3, 0.4) is 0 Å². The minimum absolute atomic E-state index is 0.0966. The predicted octanol–water partition coefficient (Wildman–Crippen LogP) is 5.36. The van der Waals surface area contributed by atoms with Crippen LogP contribution in [0.5, 0.6) is 0 Å². The zero-order valence-electron chi connectivity index (χ0n) is 22.9. The summed E-state index contributed by atoms with van der Waals surface area (Å²) in [6, 6.07) is 0. The fourth-order valence-corrected chi connectivity index (χ4v) is 10.4. The number of carbonyl (C=O) groups excluding carboxylic acids is 4. The van der Waals surface area contributed by atoms with Crippen molar-refractivity contribution in [1.82, 2.24) is 0 Å². The average molecular weight is 513 g/mol. The molecule has 204 valence electrons. The van der Waals surface area contributed by atoms with E-state index in [4.69, 9.17) is 9.47 Å². The number of Topliss-reactive ketones (excluding diaryl/α,β-unsaturated/α-hetero) is 1. The van der Waals surface area contributed by atoms with Gasteiger partial charge >= 0.3 is 17.9 Å². The Balaban J connectivity index is 1.06. The minimum atomic E-state index is -0.498. The van der Waals surface area contributed by atoms with Crippen molar-refractivity contribution >= 4 is 23.7 Å². The topological polar surface area (TPSA) is 86.7 Å². The third-order valence-electron chi connectivity index (χ3n) is 12.4. The molecule has 0 amide bonds. The fourth-order valence-electron chi connectivity index (χ4n) is 10.4. The number of esters is 3. The maximum atomic E-state index is 13.2. The van der Waals surface area contributed by atoms with Crippen LogP contribution in [0.2, 0.25) is 0 Å². The van der Waals surface area contributed by atoms with Crippen LogP contribution in [0, 0.1) is 71.0 Å². The lowest BCUT2D eigenvalue weighted by atomic mass is 9.68. The van der Waals surface area contributed by atoms with Gasteiger partial charge in [0.25, 0.3) is 0 Å². The van der Waals surface area contributed by atoms with Crippen LogP contribution in [0.25, 0.3) is 0 Å². The van der Waals surface area contributed by atoms with Crippen molar-refractivity contribution in [2.45, 2.75) is 97.5 Å². The molecular formula is C31H44O6. The highest BCUT2D eigenvalue weighted by Crippen LogP contribution is 2.63. The Bertz CT molecular complexity index is 988. The van der Waals surface area contributed by atoms with Crippen LogP contribution in [0.15, 0.2) is 0 Å². The molecule has 1 heterocycles. The van der Waals surface area contributed by atoms with Crippen molar-refractivity contribution in [1.29, 1.82) is 0 Å². The highest BCUT2D eigenvalue weighted by molar-refractivity contribution is 5.96. The summed E-state index contributed by atoms with van der Waals surface area (Å²) in [4.78, 5) is 50.8. The van der Waals surface area contributed by atoms with Gasteiger partial charge in [0.2, 0.25) is 0 Å². The first-order valence-electron chi connectivity index (χ1n) is 15.1. The summed E-state index contributed by atoms with van der Waals surface area (Å²) in [7, 11) is 0. The number of fused-ring (bicyclic) bond motifs is 7. The number of ketones is 1. The van der Waals surface area contributed by atoms with Gasteiger partial charge in [-0.05, 0) is 113 Å². The molecule has 1 saturated heterocycles. The second kappa shape index (κ2) is 9.19. The normalized spacial score (nSPS) is 48.4. The second-order valence-corrected chi connectivity index (χ2v) is 14.1. The molecule has 6 rings (SSSR count). The van der Waals surface area contributed by atoms with Crippen molar-refractivity contribution in [3.63, 3.8) is 0 Å². The van der Waals surface area contributed by atoms with Gasteiger partial charge in [-0.15, -0.1) is 0 Å². The van der Waals surface area contributed by atoms with Crippen molar-refractivity contribution in [3.05, 3.63) is 0 Å². The van der Waals surface area contributed by atoms with Crippen molar-refractivity contribution in [2.24, 2.45) is 71.0 Å². The Labute approximate surface area is 221 Å². The van der Waals surface area contributed by atoms with Gasteiger partial charge < -0.3 is 9.47 Å². The van der Waals surface area contributed by atoms with Gasteiger partial charge in [0.1, 0.15) is 11.4 Å².